The van der Waals surface area contributed by atoms with Crippen molar-refractivity contribution in [3.05, 3.63) is 69.5 Å². The zero-order valence-corrected chi connectivity index (χ0v) is 18.3. The summed E-state index contributed by atoms with van der Waals surface area (Å²) in [6.45, 7) is 2.01. The van der Waals surface area contributed by atoms with Crippen LogP contribution in [0.2, 0.25) is 10.0 Å². The lowest BCUT2D eigenvalue weighted by atomic mass is 10.2. The zero-order valence-electron chi connectivity index (χ0n) is 16.8. The molecule has 3 aromatic rings. The van der Waals surface area contributed by atoms with Gasteiger partial charge in [-0.15, -0.1) is 0 Å². The molecule has 2 aromatic carbocycles. The Hall–Kier alpha value is -3.47. The molecular weight excluding hydrogens is 437 g/mol. The molecule has 0 saturated heterocycles. The summed E-state index contributed by atoms with van der Waals surface area (Å²) in [7, 11) is 1.74. The van der Waals surface area contributed by atoms with Crippen LogP contribution >= 0.6 is 23.2 Å². The van der Waals surface area contributed by atoms with Gasteiger partial charge in [0.2, 0.25) is 0 Å². The third kappa shape index (κ3) is 5.57. The smallest absolute Gasteiger partial charge is 0.337 e. The Bertz CT molecular complexity index is 1190. The van der Waals surface area contributed by atoms with Crippen LogP contribution in [-0.2, 0) is 0 Å². The average molecular weight is 456 g/mol. The second kappa shape index (κ2) is 10.0. The molecule has 0 saturated carbocycles. The van der Waals surface area contributed by atoms with Gasteiger partial charge in [-0.25, -0.2) is 14.8 Å². The van der Waals surface area contributed by atoms with E-state index >= 15 is 0 Å². The maximum absolute atomic E-state index is 11.5. The number of hydrogen-bond acceptors (Lipinski definition) is 6. The normalized spacial score (nSPS) is 10.1. The van der Waals surface area contributed by atoms with Crippen LogP contribution in [0.1, 0.15) is 21.7 Å². The first-order valence-electron chi connectivity index (χ1n) is 9.22. The molecule has 0 aliphatic heterocycles. The molecule has 1 heterocycles. The summed E-state index contributed by atoms with van der Waals surface area (Å²) in [6.07, 6.45) is 0. The number of carboxylic acids is 1. The monoisotopic (exact) mass is 455 g/mol. The Morgan fingerprint density at radius 1 is 1.13 bits per heavy atom. The minimum atomic E-state index is -1.04. The van der Waals surface area contributed by atoms with Gasteiger partial charge in [-0.05, 0) is 37.3 Å². The number of halogens is 2. The number of carbonyl (C=O) groups is 1. The molecule has 158 valence electrons. The minimum absolute atomic E-state index is 0.131. The standard InChI is InChI=1S/C22H19Cl2N5O2/c1-13-27-20(25-2)19(26-11-5-6-14-12-15(23)9-10-17(14)24)21(28-13)29-18-8-4-3-7-16(18)22(30)31/h3-4,7-10,12,26H,11H2,1-2H3,(H,30,31)(H2,25,27,28,29). The molecule has 0 fully saturated rings. The number of rotatable bonds is 6. The fourth-order valence-corrected chi connectivity index (χ4v) is 3.12. The van der Waals surface area contributed by atoms with Crippen molar-refractivity contribution in [3.8, 4) is 11.8 Å². The number of carboxylic acid groups (broad SMARTS) is 1. The molecular formula is C22H19Cl2N5O2. The Morgan fingerprint density at radius 2 is 1.87 bits per heavy atom. The fraction of sp³-hybridized carbons (Fsp3) is 0.136. The minimum Gasteiger partial charge on any atom is -0.478 e. The van der Waals surface area contributed by atoms with E-state index in [-0.39, 0.29) is 12.1 Å². The molecule has 0 spiro atoms. The van der Waals surface area contributed by atoms with Gasteiger partial charge < -0.3 is 21.1 Å². The number of anilines is 4. The largest absolute Gasteiger partial charge is 0.478 e. The van der Waals surface area contributed by atoms with E-state index in [4.69, 9.17) is 23.2 Å². The molecule has 3 rings (SSSR count). The number of benzene rings is 2. The van der Waals surface area contributed by atoms with Crippen LogP contribution in [0.5, 0.6) is 0 Å². The van der Waals surface area contributed by atoms with Gasteiger partial charge in [0.25, 0.3) is 0 Å². The SMILES string of the molecule is CNc1nc(C)nc(Nc2ccccc2C(=O)O)c1NCC#Cc1cc(Cl)ccc1Cl. The quantitative estimate of drug-likeness (QED) is 0.386. The lowest BCUT2D eigenvalue weighted by Crippen LogP contribution is -2.11. The topological polar surface area (TPSA) is 99.2 Å². The van der Waals surface area contributed by atoms with Gasteiger partial charge in [0.1, 0.15) is 11.5 Å². The molecule has 0 atom stereocenters. The molecule has 0 aliphatic rings. The van der Waals surface area contributed by atoms with Gasteiger partial charge in [0.15, 0.2) is 11.6 Å². The number of hydrogen-bond donors (Lipinski definition) is 4. The van der Waals surface area contributed by atoms with E-state index in [1.807, 2.05) is 0 Å². The molecule has 31 heavy (non-hydrogen) atoms. The Morgan fingerprint density at radius 3 is 2.61 bits per heavy atom. The van der Waals surface area contributed by atoms with Crippen molar-refractivity contribution in [1.29, 1.82) is 0 Å². The Labute approximate surface area is 189 Å². The van der Waals surface area contributed by atoms with Crippen molar-refractivity contribution >= 4 is 52.2 Å². The first kappa shape index (κ1) is 22.2. The molecule has 4 N–H and O–H groups in total. The number of para-hydroxylation sites is 1. The molecule has 0 amide bonds. The fourth-order valence-electron chi connectivity index (χ4n) is 2.78. The van der Waals surface area contributed by atoms with Crippen LogP contribution in [0.15, 0.2) is 42.5 Å². The third-order valence-corrected chi connectivity index (χ3v) is 4.74. The van der Waals surface area contributed by atoms with E-state index < -0.39 is 5.97 Å². The highest BCUT2D eigenvalue weighted by atomic mass is 35.5. The van der Waals surface area contributed by atoms with Gasteiger partial charge in [-0.3, -0.25) is 0 Å². The van der Waals surface area contributed by atoms with E-state index in [2.05, 4.69) is 37.8 Å². The van der Waals surface area contributed by atoms with E-state index in [0.717, 1.165) is 0 Å². The van der Waals surface area contributed by atoms with Gasteiger partial charge >= 0.3 is 5.97 Å². The van der Waals surface area contributed by atoms with Crippen molar-refractivity contribution < 1.29 is 9.90 Å². The third-order valence-electron chi connectivity index (χ3n) is 4.17. The first-order valence-corrected chi connectivity index (χ1v) is 9.98. The second-order valence-corrected chi connectivity index (χ2v) is 7.19. The Kier molecular flexibility index (Phi) is 7.19. The molecule has 9 heteroatoms. The maximum atomic E-state index is 11.5. The van der Waals surface area contributed by atoms with Crippen LogP contribution in [0, 0.1) is 18.8 Å². The zero-order chi connectivity index (χ0) is 22.4. The summed E-state index contributed by atoms with van der Waals surface area (Å²) in [6, 6.07) is 11.7. The van der Waals surface area contributed by atoms with Crippen LogP contribution in [0.3, 0.4) is 0 Å². The van der Waals surface area contributed by atoms with E-state index in [1.54, 1.807) is 50.4 Å². The highest BCUT2D eigenvalue weighted by molar-refractivity contribution is 6.33. The van der Waals surface area contributed by atoms with Crippen molar-refractivity contribution in [1.82, 2.24) is 9.97 Å². The lowest BCUT2D eigenvalue weighted by molar-refractivity contribution is 0.0698. The van der Waals surface area contributed by atoms with Gasteiger partial charge in [-0.1, -0.05) is 47.2 Å². The van der Waals surface area contributed by atoms with Crippen molar-refractivity contribution in [2.45, 2.75) is 6.92 Å². The van der Waals surface area contributed by atoms with Crippen molar-refractivity contribution in [2.24, 2.45) is 0 Å². The van der Waals surface area contributed by atoms with Crippen molar-refractivity contribution in [3.63, 3.8) is 0 Å². The highest BCUT2D eigenvalue weighted by Crippen LogP contribution is 2.31. The number of aromatic nitrogens is 2. The highest BCUT2D eigenvalue weighted by Gasteiger charge is 2.15. The predicted octanol–water partition coefficient (Wildman–Crippen LogP) is 5.04. The number of nitrogens with one attached hydrogen (secondary N) is 3. The van der Waals surface area contributed by atoms with E-state index in [9.17, 15) is 9.90 Å². The summed E-state index contributed by atoms with van der Waals surface area (Å²) in [5, 5.41) is 19.8. The summed E-state index contributed by atoms with van der Waals surface area (Å²) in [5.74, 6) is 6.42. The maximum Gasteiger partial charge on any atom is 0.337 e. The molecule has 7 nitrogen and oxygen atoms in total. The Balaban J connectivity index is 1.89. The van der Waals surface area contributed by atoms with Crippen LogP contribution in [0.4, 0.5) is 23.0 Å². The van der Waals surface area contributed by atoms with Gasteiger partial charge in [-0.2, -0.15) is 0 Å². The molecule has 0 bridgehead atoms. The molecule has 0 radical (unpaired) electrons. The second-order valence-electron chi connectivity index (χ2n) is 6.35. The lowest BCUT2D eigenvalue weighted by Gasteiger charge is -2.16. The first-order chi connectivity index (χ1) is 14.9. The van der Waals surface area contributed by atoms with E-state index in [1.165, 1.54) is 6.07 Å². The molecule has 0 unspecified atom stereocenters. The van der Waals surface area contributed by atoms with Gasteiger partial charge in [0.05, 0.1) is 22.8 Å². The average Bonchev–Trinajstić information content (AvgIpc) is 2.74. The summed E-state index contributed by atoms with van der Waals surface area (Å²) in [4.78, 5) is 20.4. The predicted molar refractivity (Wildman–Crippen MR) is 125 cm³/mol. The number of aryl methyl sites for hydroxylation is 1. The van der Waals surface area contributed by atoms with Gasteiger partial charge in [0, 0.05) is 17.6 Å². The van der Waals surface area contributed by atoms with Crippen LogP contribution < -0.4 is 16.0 Å². The van der Waals surface area contributed by atoms with Crippen LogP contribution in [-0.4, -0.2) is 34.6 Å². The van der Waals surface area contributed by atoms with Crippen LogP contribution in [0.25, 0.3) is 0 Å². The van der Waals surface area contributed by atoms with Crippen molar-refractivity contribution in [2.75, 3.05) is 29.5 Å². The molecule has 0 aliphatic carbocycles. The number of nitrogens with zero attached hydrogens (tertiary/aromatic N) is 2. The molecule has 1 aromatic heterocycles. The summed E-state index contributed by atoms with van der Waals surface area (Å²) >= 11 is 12.1. The summed E-state index contributed by atoms with van der Waals surface area (Å²) < 4.78 is 0. The number of aromatic carboxylic acids is 1. The van der Waals surface area contributed by atoms with E-state index in [0.29, 0.717) is 44.4 Å². The summed E-state index contributed by atoms with van der Waals surface area (Å²) in [5.41, 5.74) is 1.72.